The number of aromatic carboxylic acids is 1. The molecule has 0 fully saturated rings. The third kappa shape index (κ3) is 2.61. The van der Waals surface area contributed by atoms with Crippen LogP contribution in [0.1, 0.15) is 24.3 Å². The molecule has 4 nitrogen and oxygen atoms in total. The average molecular weight is 262 g/mol. The lowest BCUT2D eigenvalue weighted by Gasteiger charge is -2.09. The highest BCUT2D eigenvalue weighted by Crippen LogP contribution is 2.30. The molecule has 18 heavy (non-hydrogen) atoms. The van der Waals surface area contributed by atoms with E-state index >= 15 is 0 Å². The van der Waals surface area contributed by atoms with Crippen molar-refractivity contribution in [3.8, 4) is 0 Å². The summed E-state index contributed by atoms with van der Waals surface area (Å²) in [7, 11) is 0. The van der Waals surface area contributed by atoms with Crippen molar-refractivity contribution in [2.45, 2.75) is 18.7 Å². The monoisotopic (exact) mass is 262 g/mol. The van der Waals surface area contributed by atoms with Crippen molar-refractivity contribution in [2.24, 2.45) is 5.92 Å². The van der Waals surface area contributed by atoms with Crippen molar-refractivity contribution in [3.63, 3.8) is 0 Å². The third-order valence-electron chi connectivity index (χ3n) is 2.39. The van der Waals surface area contributed by atoms with Gasteiger partial charge >= 0.3 is 5.97 Å². The smallest absolute Gasteiger partial charge is 0.357 e. The number of carboxylic acids is 1. The molecule has 0 aliphatic rings. The summed E-state index contributed by atoms with van der Waals surface area (Å²) in [6, 6.07) is 7.48. The van der Waals surface area contributed by atoms with Crippen LogP contribution in [0.25, 0.3) is 10.9 Å². The molecule has 0 aliphatic heterocycles. The summed E-state index contributed by atoms with van der Waals surface area (Å²) in [5, 5.41) is 17.8. The molecule has 2 rings (SSSR count). The van der Waals surface area contributed by atoms with Crippen LogP contribution >= 0.6 is 11.8 Å². The van der Waals surface area contributed by atoms with Gasteiger partial charge in [0.1, 0.15) is 0 Å². The second kappa shape index (κ2) is 5.35. The van der Waals surface area contributed by atoms with Crippen LogP contribution in [0.2, 0.25) is 0 Å². The Morgan fingerprint density at radius 3 is 2.72 bits per heavy atom. The topological polar surface area (TPSA) is 63.1 Å². The number of hydrogen-bond donors (Lipinski definition) is 1. The zero-order chi connectivity index (χ0) is 13.1. The first-order valence-electron chi connectivity index (χ1n) is 5.71. The minimum Gasteiger partial charge on any atom is -0.476 e. The SMILES string of the molecule is CC(C)CSc1c(C(=O)O)nnc2ccccc12. The number of thioether (sulfide) groups is 1. The highest BCUT2D eigenvalue weighted by Gasteiger charge is 2.17. The molecule has 94 valence electrons. The predicted octanol–water partition coefficient (Wildman–Crippen LogP) is 3.08. The molecule has 0 bridgehead atoms. The first kappa shape index (κ1) is 12.8. The van der Waals surface area contributed by atoms with Crippen molar-refractivity contribution < 1.29 is 9.90 Å². The Bertz CT molecular complexity index is 584. The van der Waals surface area contributed by atoms with Crippen molar-refractivity contribution in [2.75, 3.05) is 5.75 Å². The number of aromatic nitrogens is 2. The molecule has 0 amide bonds. The first-order valence-corrected chi connectivity index (χ1v) is 6.69. The van der Waals surface area contributed by atoms with Gasteiger partial charge in [-0.2, -0.15) is 0 Å². The van der Waals surface area contributed by atoms with Gasteiger partial charge < -0.3 is 5.11 Å². The standard InChI is InChI=1S/C13H14N2O2S/c1-8(2)7-18-12-9-5-3-4-6-10(9)14-15-11(12)13(16)17/h3-6,8H,7H2,1-2H3,(H,16,17). The number of benzene rings is 1. The van der Waals surface area contributed by atoms with E-state index in [9.17, 15) is 9.90 Å². The van der Waals surface area contributed by atoms with Gasteiger partial charge in [-0.15, -0.1) is 22.0 Å². The van der Waals surface area contributed by atoms with Gasteiger partial charge in [-0.1, -0.05) is 32.0 Å². The zero-order valence-corrected chi connectivity index (χ0v) is 11.1. The first-order chi connectivity index (χ1) is 8.59. The number of rotatable bonds is 4. The van der Waals surface area contributed by atoms with Crippen molar-refractivity contribution in [1.29, 1.82) is 0 Å². The lowest BCUT2D eigenvalue weighted by molar-refractivity contribution is 0.0685. The Kier molecular flexibility index (Phi) is 3.81. The number of hydrogen-bond acceptors (Lipinski definition) is 4. The van der Waals surface area contributed by atoms with Crippen LogP contribution in [0.5, 0.6) is 0 Å². The third-order valence-corrected chi connectivity index (χ3v) is 3.92. The Hall–Kier alpha value is -1.62. The zero-order valence-electron chi connectivity index (χ0n) is 10.3. The molecule has 0 saturated carbocycles. The van der Waals surface area contributed by atoms with E-state index in [1.807, 2.05) is 24.3 Å². The number of carboxylic acid groups (broad SMARTS) is 1. The molecular formula is C13H14N2O2S. The molecule has 2 aromatic rings. The van der Waals surface area contributed by atoms with Gasteiger partial charge in [0.15, 0.2) is 5.69 Å². The van der Waals surface area contributed by atoms with E-state index in [1.54, 1.807) is 0 Å². The van der Waals surface area contributed by atoms with Crippen LogP contribution in [-0.2, 0) is 0 Å². The van der Waals surface area contributed by atoms with Crippen LogP contribution < -0.4 is 0 Å². The number of carbonyl (C=O) groups is 1. The Morgan fingerprint density at radius 2 is 2.06 bits per heavy atom. The van der Waals surface area contributed by atoms with E-state index in [2.05, 4.69) is 24.0 Å². The second-order valence-electron chi connectivity index (χ2n) is 4.40. The molecule has 1 heterocycles. The van der Waals surface area contributed by atoms with Crippen LogP contribution in [-0.4, -0.2) is 27.0 Å². The van der Waals surface area contributed by atoms with Crippen LogP contribution in [0.3, 0.4) is 0 Å². The van der Waals surface area contributed by atoms with Gasteiger partial charge in [-0.05, 0) is 12.0 Å². The van der Waals surface area contributed by atoms with Crippen molar-refractivity contribution in [3.05, 3.63) is 30.0 Å². The summed E-state index contributed by atoms with van der Waals surface area (Å²) in [5.74, 6) is 0.318. The lowest BCUT2D eigenvalue weighted by Crippen LogP contribution is -2.06. The van der Waals surface area contributed by atoms with Crippen molar-refractivity contribution in [1.82, 2.24) is 10.2 Å². The highest BCUT2D eigenvalue weighted by molar-refractivity contribution is 7.99. The van der Waals surface area contributed by atoms with E-state index in [0.29, 0.717) is 10.8 Å². The predicted molar refractivity (Wildman–Crippen MR) is 72.1 cm³/mol. The van der Waals surface area contributed by atoms with Gasteiger partial charge in [-0.25, -0.2) is 4.79 Å². The fraction of sp³-hybridized carbons (Fsp3) is 0.308. The largest absolute Gasteiger partial charge is 0.476 e. The number of fused-ring (bicyclic) bond motifs is 1. The molecule has 0 saturated heterocycles. The van der Waals surface area contributed by atoms with Gasteiger partial charge in [0.25, 0.3) is 0 Å². The van der Waals surface area contributed by atoms with E-state index in [1.165, 1.54) is 11.8 Å². The summed E-state index contributed by atoms with van der Waals surface area (Å²) >= 11 is 1.53. The summed E-state index contributed by atoms with van der Waals surface area (Å²) in [6.45, 7) is 4.20. The molecule has 0 atom stereocenters. The van der Waals surface area contributed by atoms with Crippen LogP contribution in [0.4, 0.5) is 0 Å². The highest BCUT2D eigenvalue weighted by atomic mass is 32.2. The summed E-state index contributed by atoms with van der Waals surface area (Å²) in [6.07, 6.45) is 0. The second-order valence-corrected chi connectivity index (χ2v) is 5.44. The normalized spacial score (nSPS) is 11.1. The van der Waals surface area contributed by atoms with Gasteiger partial charge in [0.05, 0.1) is 10.4 Å². The molecule has 0 spiro atoms. The maximum absolute atomic E-state index is 11.2. The quantitative estimate of drug-likeness (QED) is 0.858. The molecule has 0 aliphatic carbocycles. The molecular weight excluding hydrogens is 248 g/mol. The van der Waals surface area contributed by atoms with Gasteiger partial charge in [0.2, 0.25) is 0 Å². The van der Waals surface area contributed by atoms with E-state index in [-0.39, 0.29) is 5.69 Å². The maximum Gasteiger partial charge on any atom is 0.357 e. The molecule has 1 aromatic heterocycles. The van der Waals surface area contributed by atoms with E-state index in [0.717, 1.165) is 16.7 Å². The number of nitrogens with zero attached hydrogens (tertiary/aromatic N) is 2. The minimum absolute atomic E-state index is 0.0411. The fourth-order valence-corrected chi connectivity index (χ4v) is 2.66. The molecule has 1 N–H and O–H groups in total. The lowest BCUT2D eigenvalue weighted by atomic mass is 10.2. The molecule has 1 aromatic carbocycles. The average Bonchev–Trinajstić information content (AvgIpc) is 2.35. The van der Waals surface area contributed by atoms with Gasteiger partial charge in [-0.3, -0.25) is 0 Å². The van der Waals surface area contributed by atoms with Crippen LogP contribution in [0.15, 0.2) is 29.2 Å². The maximum atomic E-state index is 11.2. The summed E-state index contributed by atoms with van der Waals surface area (Å²) in [5.41, 5.74) is 0.771. The fourth-order valence-electron chi connectivity index (χ4n) is 1.57. The van der Waals surface area contributed by atoms with E-state index in [4.69, 9.17) is 0 Å². The van der Waals surface area contributed by atoms with E-state index < -0.39 is 5.97 Å². The summed E-state index contributed by atoms with van der Waals surface area (Å²) in [4.78, 5) is 11.9. The summed E-state index contributed by atoms with van der Waals surface area (Å²) < 4.78 is 0. The van der Waals surface area contributed by atoms with Gasteiger partial charge in [0, 0.05) is 11.1 Å². The molecule has 5 heteroatoms. The van der Waals surface area contributed by atoms with Crippen LogP contribution in [0, 0.1) is 5.92 Å². The Morgan fingerprint density at radius 1 is 1.33 bits per heavy atom. The minimum atomic E-state index is -1.03. The van der Waals surface area contributed by atoms with Crippen molar-refractivity contribution >= 4 is 28.6 Å². The molecule has 0 unspecified atom stereocenters. The Balaban J connectivity index is 2.55. The molecule has 0 radical (unpaired) electrons. The Labute approximate surface area is 109 Å².